The van der Waals surface area contributed by atoms with Crippen LogP contribution in [0, 0.1) is 11.8 Å². The Morgan fingerprint density at radius 2 is 2.12 bits per heavy atom. The molecule has 1 aromatic rings. The average molecular weight is 358 g/mol. The summed E-state index contributed by atoms with van der Waals surface area (Å²) in [6.45, 7) is 6.10. The van der Waals surface area contributed by atoms with Crippen molar-refractivity contribution in [3.05, 3.63) is 48.3 Å². The smallest absolute Gasteiger partial charge is 0.189 e. The first kappa shape index (κ1) is 18.5. The lowest BCUT2D eigenvalue weighted by Crippen LogP contribution is -2.44. The number of allylic oxidation sites excluding steroid dienone is 2. The highest BCUT2D eigenvalue weighted by atomic mass is 16.7. The first-order valence-electron chi connectivity index (χ1n) is 8.88. The number of hydrogen-bond donors (Lipinski definition) is 0. The molecule has 1 fully saturated rings. The third-order valence-electron chi connectivity index (χ3n) is 5.41. The third kappa shape index (κ3) is 3.23. The summed E-state index contributed by atoms with van der Waals surface area (Å²) in [6, 6.07) is 5.93. The van der Waals surface area contributed by atoms with E-state index in [1.807, 2.05) is 18.2 Å². The van der Waals surface area contributed by atoms with Gasteiger partial charge in [-0.3, -0.25) is 4.79 Å². The van der Waals surface area contributed by atoms with Crippen molar-refractivity contribution in [2.75, 3.05) is 21.0 Å². The number of ether oxygens (including phenoxy) is 4. The van der Waals surface area contributed by atoms with E-state index in [0.717, 1.165) is 12.0 Å². The summed E-state index contributed by atoms with van der Waals surface area (Å²) in [5.74, 6) is 2.20. The van der Waals surface area contributed by atoms with Gasteiger partial charge in [0.05, 0.1) is 14.2 Å². The minimum Gasteiger partial charge on any atom is -0.493 e. The normalized spacial score (nSPS) is 25.7. The van der Waals surface area contributed by atoms with E-state index >= 15 is 0 Å². The molecule has 3 rings (SSSR count). The van der Waals surface area contributed by atoms with Crippen LogP contribution in [0.15, 0.2) is 42.7 Å². The fraction of sp³-hybridized carbons (Fsp3) is 0.476. The third-order valence-corrected chi connectivity index (χ3v) is 5.41. The van der Waals surface area contributed by atoms with Gasteiger partial charge < -0.3 is 18.9 Å². The highest BCUT2D eigenvalue weighted by Crippen LogP contribution is 2.46. The summed E-state index contributed by atoms with van der Waals surface area (Å²) < 4.78 is 22.4. The zero-order valence-electron chi connectivity index (χ0n) is 15.6. The van der Waals surface area contributed by atoms with Crippen LogP contribution in [0.3, 0.4) is 0 Å². The van der Waals surface area contributed by atoms with Crippen LogP contribution in [-0.4, -0.2) is 32.4 Å². The first-order valence-corrected chi connectivity index (χ1v) is 8.88. The van der Waals surface area contributed by atoms with Crippen LogP contribution in [-0.2, 0) is 20.7 Å². The Balaban J connectivity index is 1.86. The van der Waals surface area contributed by atoms with Crippen LogP contribution in [0.4, 0.5) is 0 Å². The number of ketones is 1. The number of carbonyl (C=O) groups is 1. The molecule has 0 radical (unpaired) electrons. The van der Waals surface area contributed by atoms with E-state index in [1.165, 1.54) is 0 Å². The molecule has 1 aromatic carbocycles. The van der Waals surface area contributed by atoms with Gasteiger partial charge in [-0.25, -0.2) is 0 Å². The topological polar surface area (TPSA) is 54.0 Å². The van der Waals surface area contributed by atoms with Crippen molar-refractivity contribution < 1.29 is 23.7 Å². The summed E-state index contributed by atoms with van der Waals surface area (Å²) in [5.41, 5.74) is 0.561. The second kappa shape index (κ2) is 7.54. The summed E-state index contributed by atoms with van der Waals surface area (Å²) in [4.78, 5) is 12.3. The lowest BCUT2D eigenvalue weighted by molar-refractivity contribution is -0.123. The molecule has 0 spiro atoms. The Morgan fingerprint density at radius 3 is 2.81 bits per heavy atom. The Bertz CT molecular complexity index is 723. The van der Waals surface area contributed by atoms with Gasteiger partial charge in [0.1, 0.15) is 11.4 Å². The lowest BCUT2D eigenvalue weighted by atomic mass is 9.71. The van der Waals surface area contributed by atoms with Crippen molar-refractivity contribution in [2.45, 2.75) is 31.8 Å². The molecule has 1 saturated heterocycles. The van der Waals surface area contributed by atoms with Crippen LogP contribution >= 0.6 is 0 Å². The molecule has 3 atom stereocenters. The van der Waals surface area contributed by atoms with Crippen molar-refractivity contribution in [1.82, 2.24) is 0 Å². The van der Waals surface area contributed by atoms with Gasteiger partial charge in [0.25, 0.3) is 0 Å². The summed E-state index contributed by atoms with van der Waals surface area (Å²) in [7, 11) is 3.25. The SMILES string of the molecule is C=CC[C@H]1C[C@]2(C(C)Cc3ccc(OC)c(OC)c3)OCOC2=CC1=O. The van der Waals surface area contributed by atoms with Crippen LogP contribution in [0.2, 0.25) is 0 Å². The minimum absolute atomic E-state index is 0.0966. The molecule has 1 heterocycles. The molecule has 0 aromatic heterocycles. The summed E-state index contributed by atoms with van der Waals surface area (Å²) >= 11 is 0. The molecule has 5 heteroatoms. The van der Waals surface area contributed by atoms with E-state index in [-0.39, 0.29) is 24.4 Å². The average Bonchev–Trinajstić information content (AvgIpc) is 3.06. The number of carbonyl (C=O) groups excluding carboxylic acids is 1. The van der Waals surface area contributed by atoms with E-state index in [2.05, 4.69) is 13.5 Å². The van der Waals surface area contributed by atoms with Gasteiger partial charge in [0.2, 0.25) is 0 Å². The van der Waals surface area contributed by atoms with Crippen LogP contribution in [0.5, 0.6) is 11.5 Å². The Labute approximate surface area is 154 Å². The molecule has 0 amide bonds. The fourth-order valence-electron chi connectivity index (χ4n) is 3.94. The van der Waals surface area contributed by atoms with Gasteiger partial charge in [-0.15, -0.1) is 6.58 Å². The number of fused-ring (bicyclic) bond motifs is 1. The van der Waals surface area contributed by atoms with E-state index < -0.39 is 5.60 Å². The highest BCUT2D eigenvalue weighted by Gasteiger charge is 2.51. The zero-order chi connectivity index (χ0) is 18.7. The van der Waals surface area contributed by atoms with E-state index in [0.29, 0.717) is 30.1 Å². The van der Waals surface area contributed by atoms with E-state index in [1.54, 1.807) is 26.4 Å². The van der Waals surface area contributed by atoms with Crippen LogP contribution in [0.1, 0.15) is 25.3 Å². The molecule has 26 heavy (non-hydrogen) atoms. The summed E-state index contributed by atoms with van der Waals surface area (Å²) in [6.07, 6.45) is 5.46. The number of benzene rings is 1. The number of hydrogen-bond acceptors (Lipinski definition) is 5. The second-order valence-corrected chi connectivity index (χ2v) is 6.93. The number of methoxy groups -OCH3 is 2. The Kier molecular flexibility index (Phi) is 5.37. The molecule has 0 bridgehead atoms. The molecule has 0 saturated carbocycles. The summed E-state index contributed by atoms with van der Waals surface area (Å²) in [5, 5.41) is 0. The maximum Gasteiger partial charge on any atom is 0.189 e. The maximum absolute atomic E-state index is 12.3. The van der Waals surface area contributed by atoms with Crippen molar-refractivity contribution in [1.29, 1.82) is 0 Å². The second-order valence-electron chi connectivity index (χ2n) is 6.93. The van der Waals surface area contributed by atoms with Gasteiger partial charge in [0.15, 0.2) is 24.1 Å². The van der Waals surface area contributed by atoms with Crippen LogP contribution < -0.4 is 9.47 Å². The predicted molar refractivity (Wildman–Crippen MR) is 98.2 cm³/mol. The van der Waals surface area contributed by atoms with Crippen LogP contribution in [0.25, 0.3) is 0 Å². The maximum atomic E-state index is 12.3. The lowest BCUT2D eigenvalue weighted by Gasteiger charge is -2.38. The highest BCUT2D eigenvalue weighted by molar-refractivity contribution is 5.93. The fourth-order valence-corrected chi connectivity index (χ4v) is 3.94. The first-order chi connectivity index (χ1) is 12.5. The standard InChI is InChI=1S/C21H26O5/c1-5-6-16-12-21(20(11-17(16)22)25-13-26-21)14(2)9-15-7-8-18(23-3)19(10-15)24-4/h5,7-8,10-11,14,16H,1,6,9,12-13H2,2-4H3/t14?,16-,21+/m0/s1. The zero-order valence-corrected chi connectivity index (χ0v) is 15.6. The van der Waals surface area contributed by atoms with Gasteiger partial charge in [0, 0.05) is 12.0 Å². The molecule has 140 valence electrons. The molecule has 0 N–H and O–H groups in total. The van der Waals surface area contributed by atoms with Crippen molar-refractivity contribution in [3.8, 4) is 11.5 Å². The monoisotopic (exact) mass is 358 g/mol. The Hall–Kier alpha value is -2.27. The molecule has 2 aliphatic rings. The van der Waals surface area contributed by atoms with Crippen molar-refractivity contribution >= 4 is 5.78 Å². The molecule has 1 aliphatic heterocycles. The largest absolute Gasteiger partial charge is 0.493 e. The minimum atomic E-state index is -0.561. The van der Waals surface area contributed by atoms with E-state index in [4.69, 9.17) is 18.9 Å². The molecular weight excluding hydrogens is 332 g/mol. The number of rotatable bonds is 7. The van der Waals surface area contributed by atoms with Crippen molar-refractivity contribution in [3.63, 3.8) is 0 Å². The molecule has 5 nitrogen and oxygen atoms in total. The van der Waals surface area contributed by atoms with Gasteiger partial charge in [-0.05, 0) is 42.9 Å². The molecular formula is C21H26O5. The Morgan fingerprint density at radius 1 is 1.35 bits per heavy atom. The van der Waals surface area contributed by atoms with Gasteiger partial charge in [-0.1, -0.05) is 19.1 Å². The molecule has 1 aliphatic carbocycles. The molecule has 1 unspecified atom stereocenters. The van der Waals surface area contributed by atoms with Crippen molar-refractivity contribution in [2.24, 2.45) is 11.8 Å². The quantitative estimate of drug-likeness (QED) is 0.696. The van der Waals surface area contributed by atoms with Gasteiger partial charge in [-0.2, -0.15) is 0 Å². The van der Waals surface area contributed by atoms with E-state index in [9.17, 15) is 4.79 Å². The predicted octanol–water partition coefficient (Wildman–Crippen LogP) is 3.67. The van der Waals surface area contributed by atoms with Gasteiger partial charge >= 0.3 is 0 Å².